The van der Waals surface area contributed by atoms with Crippen molar-refractivity contribution < 1.29 is 14.3 Å². The van der Waals surface area contributed by atoms with E-state index < -0.39 is 5.60 Å². The topological polar surface area (TPSA) is 70.2 Å². The van der Waals surface area contributed by atoms with Gasteiger partial charge in [0.2, 0.25) is 0 Å². The average Bonchev–Trinajstić information content (AvgIpc) is 3.23. The zero-order chi connectivity index (χ0) is 19.1. The molecule has 0 bridgehead atoms. The maximum absolute atomic E-state index is 10.6. The van der Waals surface area contributed by atoms with Gasteiger partial charge in [-0.15, -0.1) is 0 Å². The number of nitrogens with zero attached hydrogens (tertiary/aromatic N) is 2. The van der Waals surface area contributed by atoms with Gasteiger partial charge in [-0.3, -0.25) is 0 Å². The van der Waals surface area contributed by atoms with Crippen molar-refractivity contribution >= 4 is 5.96 Å². The van der Waals surface area contributed by atoms with Crippen LogP contribution in [0.25, 0.3) is 0 Å². The number of para-hydroxylation sites is 1. The first-order valence-electron chi connectivity index (χ1n) is 9.60. The average molecular weight is 371 g/mol. The maximum Gasteiger partial charge on any atom is 0.194 e. The van der Waals surface area contributed by atoms with Crippen molar-refractivity contribution in [2.45, 2.75) is 38.4 Å². The highest BCUT2D eigenvalue weighted by atomic mass is 16.5. The fraction of sp³-hybridized carbons (Fsp3) is 0.476. The summed E-state index contributed by atoms with van der Waals surface area (Å²) in [5, 5.41) is 14.0. The van der Waals surface area contributed by atoms with Gasteiger partial charge in [-0.05, 0) is 38.1 Å². The Morgan fingerprint density at radius 1 is 1.26 bits per heavy atom. The number of nitrogens with one attached hydrogen (secondary N) is 1. The number of rotatable bonds is 6. The molecule has 0 aliphatic carbocycles. The van der Waals surface area contributed by atoms with Crippen molar-refractivity contribution in [2.75, 3.05) is 26.2 Å². The predicted molar refractivity (Wildman–Crippen MR) is 106 cm³/mol. The van der Waals surface area contributed by atoms with Crippen LogP contribution in [-0.4, -0.2) is 48.2 Å². The van der Waals surface area contributed by atoms with E-state index in [0.717, 1.165) is 44.2 Å². The molecular weight excluding hydrogens is 342 g/mol. The van der Waals surface area contributed by atoms with Gasteiger partial charge in [0.05, 0.1) is 12.8 Å². The molecule has 2 heterocycles. The predicted octanol–water partition coefficient (Wildman–Crippen LogP) is 3.00. The number of hydrogen-bond donors (Lipinski definition) is 2. The second-order valence-electron chi connectivity index (χ2n) is 7.04. The Kier molecular flexibility index (Phi) is 6.40. The molecule has 1 aromatic heterocycles. The summed E-state index contributed by atoms with van der Waals surface area (Å²) in [6.45, 7) is 6.52. The van der Waals surface area contributed by atoms with Gasteiger partial charge < -0.3 is 24.5 Å². The van der Waals surface area contributed by atoms with Crippen molar-refractivity contribution in [3.63, 3.8) is 0 Å². The van der Waals surface area contributed by atoms with E-state index in [4.69, 9.17) is 9.15 Å². The van der Waals surface area contributed by atoms with Crippen LogP contribution < -0.4 is 10.1 Å². The second-order valence-corrected chi connectivity index (χ2v) is 7.04. The van der Waals surface area contributed by atoms with Crippen molar-refractivity contribution in [3.05, 3.63) is 54.5 Å². The van der Waals surface area contributed by atoms with Gasteiger partial charge in [-0.25, -0.2) is 4.99 Å². The number of likely N-dealkylation sites (tertiary alicyclic amines) is 1. The Bertz CT molecular complexity index is 706. The number of benzene rings is 1. The van der Waals surface area contributed by atoms with E-state index in [0.29, 0.717) is 5.76 Å². The third kappa shape index (κ3) is 5.26. The van der Waals surface area contributed by atoms with Crippen LogP contribution in [0.4, 0.5) is 0 Å². The molecule has 1 fully saturated rings. The Morgan fingerprint density at radius 2 is 2.00 bits per heavy atom. The number of guanidine groups is 1. The normalized spacial score (nSPS) is 18.2. The molecule has 2 N–H and O–H groups in total. The summed E-state index contributed by atoms with van der Waals surface area (Å²) in [7, 11) is 0. The summed E-state index contributed by atoms with van der Waals surface area (Å²) in [5.41, 5.74) is -1.13. The Hall–Kier alpha value is -2.47. The first kappa shape index (κ1) is 19.3. The number of piperidine rings is 1. The van der Waals surface area contributed by atoms with Gasteiger partial charge in [0.15, 0.2) is 5.96 Å². The maximum atomic E-state index is 10.6. The summed E-state index contributed by atoms with van der Waals surface area (Å²) in [6.07, 6.45) is 3.66. The number of hydrogen-bond acceptors (Lipinski definition) is 4. The van der Waals surface area contributed by atoms with E-state index in [1.165, 1.54) is 0 Å². The zero-order valence-electron chi connectivity index (χ0n) is 16.1. The molecule has 1 unspecified atom stereocenters. The molecule has 1 aliphatic rings. The summed E-state index contributed by atoms with van der Waals surface area (Å²) in [4.78, 5) is 6.88. The molecule has 1 aliphatic heterocycles. The van der Waals surface area contributed by atoms with Crippen molar-refractivity contribution in [2.24, 2.45) is 4.99 Å². The summed E-state index contributed by atoms with van der Waals surface area (Å²) < 4.78 is 11.4. The molecular formula is C21H29N3O3. The van der Waals surface area contributed by atoms with Gasteiger partial charge in [0.25, 0.3) is 0 Å². The standard InChI is InChI=1S/C21H29N3O3/c1-3-22-20(23-16-21(2,25)19-10-7-15-26-19)24-13-11-18(12-14-24)27-17-8-5-4-6-9-17/h4-10,15,18,25H,3,11-14,16H2,1-2H3,(H,22,23). The molecule has 1 saturated heterocycles. The molecule has 1 aromatic carbocycles. The molecule has 0 radical (unpaired) electrons. The van der Waals surface area contributed by atoms with Crippen molar-refractivity contribution in [1.29, 1.82) is 0 Å². The van der Waals surface area contributed by atoms with E-state index in [1.807, 2.05) is 37.3 Å². The smallest absolute Gasteiger partial charge is 0.194 e. The van der Waals surface area contributed by atoms with E-state index in [2.05, 4.69) is 15.2 Å². The minimum atomic E-state index is -1.13. The molecule has 0 spiro atoms. The second kappa shape index (κ2) is 8.95. The van der Waals surface area contributed by atoms with Crippen molar-refractivity contribution in [3.8, 4) is 5.75 Å². The van der Waals surface area contributed by atoms with Gasteiger partial charge >= 0.3 is 0 Å². The van der Waals surface area contributed by atoms with Crippen LogP contribution >= 0.6 is 0 Å². The number of ether oxygens (including phenoxy) is 1. The lowest BCUT2D eigenvalue weighted by Crippen LogP contribution is -2.48. The minimum absolute atomic E-state index is 0.220. The minimum Gasteiger partial charge on any atom is -0.490 e. The number of aliphatic hydroxyl groups is 1. The van der Waals surface area contributed by atoms with E-state index in [1.54, 1.807) is 25.3 Å². The molecule has 1 atom stereocenters. The van der Waals surface area contributed by atoms with Gasteiger partial charge in [-0.2, -0.15) is 0 Å². The van der Waals surface area contributed by atoms with Gasteiger partial charge in [0.1, 0.15) is 23.2 Å². The molecule has 6 nitrogen and oxygen atoms in total. The van der Waals surface area contributed by atoms with Crippen molar-refractivity contribution in [1.82, 2.24) is 10.2 Å². The van der Waals surface area contributed by atoms with E-state index in [9.17, 15) is 5.11 Å². The lowest BCUT2D eigenvalue weighted by Gasteiger charge is -2.34. The lowest BCUT2D eigenvalue weighted by molar-refractivity contribution is 0.0432. The van der Waals surface area contributed by atoms with Gasteiger partial charge in [0, 0.05) is 32.5 Å². The van der Waals surface area contributed by atoms with Crippen LogP contribution in [0, 0.1) is 0 Å². The molecule has 0 amide bonds. The summed E-state index contributed by atoms with van der Waals surface area (Å²) in [6, 6.07) is 13.5. The van der Waals surface area contributed by atoms with Crippen LogP contribution in [0.5, 0.6) is 5.75 Å². The first-order chi connectivity index (χ1) is 13.1. The molecule has 27 heavy (non-hydrogen) atoms. The van der Waals surface area contributed by atoms with Crippen LogP contribution in [0.15, 0.2) is 58.1 Å². The lowest BCUT2D eigenvalue weighted by atomic mass is 10.0. The molecule has 3 rings (SSSR count). The highest BCUT2D eigenvalue weighted by Gasteiger charge is 2.27. The quantitative estimate of drug-likeness (QED) is 0.603. The summed E-state index contributed by atoms with van der Waals surface area (Å²) >= 11 is 0. The summed E-state index contributed by atoms with van der Waals surface area (Å²) in [5.74, 6) is 2.27. The Labute approximate surface area is 160 Å². The first-order valence-corrected chi connectivity index (χ1v) is 9.60. The van der Waals surface area contributed by atoms with E-state index >= 15 is 0 Å². The monoisotopic (exact) mass is 371 g/mol. The largest absolute Gasteiger partial charge is 0.490 e. The molecule has 0 saturated carbocycles. The Balaban J connectivity index is 1.57. The van der Waals surface area contributed by atoms with Gasteiger partial charge in [-0.1, -0.05) is 18.2 Å². The van der Waals surface area contributed by atoms with E-state index in [-0.39, 0.29) is 12.6 Å². The molecule has 146 valence electrons. The highest BCUT2D eigenvalue weighted by molar-refractivity contribution is 5.80. The number of furan rings is 1. The third-order valence-corrected chi connectivity index (χ3v) is 4.71. The number of aliphatic imine (C=N–C) groups is 1. The SMILES string of the molecule is CCNC(=NCC(C)(O)c1ccco1)N1CCC(Oc2ccccc2)CC1. The van der Waals surface area contributed by atoms with Crippen LogP contribution in [0.3, 0.4) is 0 Å². The van der Waals surface area contributed by atoms with Crippen LogP contribution in [0.1, 0.15) is 32.4 Å². The fourth-order valence-corrected chi connectivity index (χ4v) is 3.19. The van der Waals surface area contributed by atoms with Crippen LogP contribution in [-0.2, 0) is 5.60 Å². The van der Waals surface area contributed by atoms with Crippen LogP contribution in [0.2, 0.25) is 0 Å². The fourth-order valence-electron chi connectivity index (χ4n) is 3.19. The Morgan fingerprint density at radius 3 is 2.63 bits per heavy atom. The third-order valence-electron chi connectivity index (χ3n) is 4.71. The molecule has 2 aromatic rings. The zero-order valence-corrected chi connectivity index (χ0v) is 16.1. The highest BCUT2D eigenvalue weighted by Crippen LogP contribution is 2.22. The molecule has 6 heteroatoms.